The van der Waals surface area contributed by atoms with E-state index in [4.69, 9.17) is 5.11 Å². The maximum absolute atomic E-state index is 10.8. The molecule has 0 radical (unpaired) electrons. The summed E-state index contributed by atoms with van der Waals surface area (Å²) >= 11 is 3.49. The number of aromatic nitrogens is 3. The molecule has 0 aliphatic carbocycles. The van der Waals surface area contributed by atoms with Crippen LogP contribution in [-0.4, -0.2) is 44.1 Å². The van der Waals surface area contributed by atoms with Crippen molar-refractivity contribution in [3.8, 4) is 0 Å². The average Bonchev–Trinajstić information content (AvgIpc) is 2.86. The molecule has 3 rings (SSSR count). The number of nitrogens with zero attached hydrogens (tertiary/aromatic N) is 4. The van der Waals surface area contributed by atoms with E-state index in [1.54, 1.807) is 4.68 Å². The van der Waals surface area contributed by atoms with Gasteiger partial charge in [-0.25, -0.2) is 9.48 Å². The Labute approximate surface area is 130 Å². The normalized spacial score (nSPS) is 17.4. The Morgan fingerprint density at radius 1 is 1.48 bits per heavy atom. The third-order valence-electron chi connectivity index (χ3n) is 3.87. The number of carboxylic acid groups (broad SMARTS) is 1. The topological polar surface area (TPSA) is 71.2 Å². The predicted molar refractivity (Wildman–Crippen MR) is 80.1 cm³/mol. The highest BCUT2D eigenvalue weighted by molar-refractivity contribution is 9.10. The molecule has 1 aliphatic rings. The van der Waals surface area contributed by atoms with E-state index in [-0.39, 0.29) is 11.7 Å². The summed E-state index contributed by atoms with van der Waals surface area (Å²) in [5.41, 5.74) is 1.25. The van der Waals surface area contributed by atoms with Gasteiger partial charge < -0.3 is 5.11 Å². The molecule has 21 heavy (non-hydrogen) atoms. The molecule has 0 bridgehead atoms. The van der Waals surface area contributed by atoms with E-state index in [2.05, 4.69) is 50.2 Å². The lowest BCUT2D eigenvalue weighted by Crippen LogP contribution is -2.48. The zero-order valence-corrected chi connectivity index (χ0v) is 13.1. The van der Waals surface area contributed by atoms with Crippen LogP contribution < -0.4 is 0 Å². The Hall–Kier alpha value is -1.73. The molecule has 2 aromatic rings. The van der Waals surface area contributed by atoms with Gasteiger partial charge in [-0.15, -0.1) is 5.10 Å². The minimum absolute atomic E-state index is 0.00603. The van der Waals surface area contributed by atoms with Crippen LogP contribution in [0.25, 0.3) is 0 Å². The van der Waals surface area contributed by atoms with Crippen molar-refractivity contribution in [1.82, 2.24) is 19.9 Å². The van der Waals surface area contributed by atoms with Gasteiger partial charge in [-0.3, -0.25) is 4.90 Å². The van der Waals surface area contributed by atoms with Crippen LogP contribution >= 0.6 is 15.9 Å². The summed E-state index contributed by atoms with van der Waals surface area (Å²) in [4.78, 5) is 13.1. The van der Waals surface area contributed by atoms with Crippen LogP contribution in [0.5, 0.6) is 0 Å². The SMILES string of the molecule is CC(c1cccc(Br)c1)N1CC(n2cc(C(=O)O)nn2)C1. The minimum Gasteiger partial charge on any atom is -0.476 e. The molecular formula is C14H15BrN4O2. The monoisotopic (exact) mass is 350 g/mol. The van der Waals surface area contributed by atoms with Gasteiger partial charge in [-0.1, -0.05) is 33.3 Å². The molecule has 6 nitrogen and oxygen atoms in total. The van der Waals surface area contributed by atoms with Gasteiger partial charge in [0.05, 0.1) is 12.2 Å². The maximum atomic E-state index is 10.8. The number of benzene rings is 1. The second-order valence-corrected chi connectivity index (χ2v) is 6.14. The second-order valence-electron chi connectivity index (χ2n) is 5.23. The summed E-state index contributed by atoms with van der Waals surface area (Å²) in [6.45, 7) is 3.86. The molecule has 1 fully saturated rings. The summed E-state index contributed by atoms with van der Waals surface area (Å²) in [5.74, 6) is -1.04. The zero-order chi connectivity index (χ0) is 15.0. The fraction of sp³-hybridized carbons (Fsp3) is 0.357. The average molecular weight is 351 g/mol. The van der Waals surface area contributed by atoms with Crippen molar-refractivity contribution in [2.24, 2.45) is 0 Å². The lowest BCUT2D eigenvalue weighted by molar-refractivity contribution is 0.0585. The lowest BCUT2D eigenvalue weighted by atomic mass is 10.0. The molecule has 1 aliphatic heterocycles. The summed E-state index contributed by atoms with van der Waals surface area (Å²) in [6, 6.07) is 8.79. The van der Waals surface area contributed by atoms with E-state index < -0.39 is 5.97 Å². The van der Waals surface area contributed by atoms with Crippen molar-refractivity contribution in [2.75, 3.05) is 13.1 Å². The smallest absolute Gasteiger partial charge is 0.358 e. The van der Waals surface area contributed by atoms with Crippen LogP contribution in [0.4, 0.5) is 0 Å². The Bertz CT molecular complexity index is 666. The standard InChI is InChI=1S/C14H15BrN4O2/c1-9(10-3-2-4-11(15)5-10)18-6-12(7-18)19-8-13(14(20)21)16-17-19/h2-5,8-9,12H,6-7H2,1H3,(H,20,21). The minimum atomic E-state index is -1.04. The Balaban J connectivity index is 1.63. The van der Waals surface area contributed by atoms with Gasteiger partial charge >= 0.3 is 5.97 Å². The molecule has 110 valence electrons. The third-order valence-corrected chi connectivity index (χ3v) is 4.37. The highest BCUT2D eigenvalue weighted by Crippen LogP contribution is 2.31. The molecule has 2 heterocycles. The quantitative estimate of drug-likeness (QED) is 0.916. The first-order chi connectivity index (χ1) is 10.0. The van der Waals surface area contributed by atoms with Gasteiger partial charge in [0.25, 0.3) is 0 Å². The first-order valence-electron chi connectivity index (χ1n) is 6.69. The number of hydrogen-bond acceptors (Lipinski definition) is 4. The molecule has 1 aromatic heterocycles. The largest absolute Gasteiger partial charge is 0.476 e. The molecule has 0 spiro atoms. The molecule has 0 saturated carbocycles. The van der Waals surface area contributed by atoms with Crippen molar-refractivity contribution in [3.63, 3.8) is 0 Å². The fourth-order valence-corrected chi connectivity index (χ4v) is 2.92. The molecule has 1 unspecified atom stereocenters. The van der Waals surface area contributed by atoms with Gasteiger partial charge in [0, 0.05) is 23.6 Å². The molecule has 1 aromatic carbocycles. The number of carbonyl (C=O) groups is 1. The van der Waals surface area contributed by atoms with Crippen LogP contribution in [0.15, 0.2) is 34.9 Å². The first kappa shape index (κ1) is 14.2. The highest BCUT2D eigenvalue weighted by Gasteiger charge is 2.33. The van der Waals surface area contributed by atoms with Crippen molar-refractivity contribution >= 4 is 21.9 Å². The second kappa shape index (κ2) is 5.57. The Morgan fingerprint density at radius 2 is 2.24 bits per heavy atom. The molecule has 1 atom stereocenters. The number of carboxylic acids is 1. The summed E-state index contributed by atoms with van der Waals surface area (Å²) in [7, 11) is 0. The van der Waals surface area contributed by atoms with Gasteiger partial charge in [0.1, 0.15) is 0 Å². The lowest BCUT2D eigenvalue weighted by Gasteiger charge is -2.43. The van der Waals surface area contributed by atoms with Crippen LogP contribution in [0, 0.1) is 0 Å². The number of likely N-dealkylation sites (tertiary alicyclic amines) is 1. The van der Waals surface area contributed by atoms with Gasteiger partial charge in [-0.2, -0.15) is 0 Å². The van der Waals surface area contributed by atoms with E-state index in [9.17, 15) is 4.79 Å². The third kappa shape index (κ3) is 2.84. The van der Waals surface area contributed by atoms with E-state index >= 15 is 0 Å². The van der Waals surface area contributed by atoms with Gasteiger partial charge in [-0.05, 0) is 24.6 Å². The summed E-state index contributed by atoms with van der Waals surface area (Å²) in [5, 5.41) is 16.4. The van der Waals surface area contributed by atoms with E-state index in [1.165, 1.54) is 11.8 Å². The predicted octanol–water partition coefficient (Wildman–Crippen LogP) is 2.36. The number of hydrogen-bond donors (Lipinski definition) is 1. The number of rotatable bonds is 4. The molecular weight excluding hydrogens is 336 g/mol. The molecule has 1 N–H and O–H groups in total. The van der Waals surface area contributed by atoms with Crippen LogP contribution in [0.1, 0.15) is 35.1 Å². The summed E-state index contributed by atoms with van der Waals surface area (Å²) < 4.78 is 2.72. The van der Waals surface area contributed by atoms with Crippen molar-refractivity contribution in [3.05, 3.63) is 46.2 Å². The Kier molecular flexibility index (Phi) is 3.77. The van der Waals surface area contributed by atoms with E-state index in [0.29, 0.717) is 6.04 Å². The van der Waals surface area contributed by atoms with Crippen LogP contribution in [-0.2, 0) is 0 Å². The van der Waals surface area contributed by atoms with E-state index in [1.807, 2.05) is 12.1 Å². The number of aromatic carboxylic acids is 1. The molecule has 1 saturated heterocycles. The molecule has 7 heteroatoms. The van der Waals surface area contributed by atoms with Gasteiger partial charge in [0.2, 0.25) is 0 Å². The summed E-state index contributed by atoms with van der Waals surface area (Å²) in [6.07, 6.45) is 1.49. The molecule has 0 amide bonds. The first-order valence-corrected chi connectivity index (χ1v) is 7.48. The maximum Gasteiger partial charge on any atom is 0.358 e. The van der Waals surface area contributed by atoms with Crippen molar-refractivity contribution in [2.45, 2.75) is 19.0 Å². The van der Waals surface area contributed by atoms with Crippen LogP contribution in [0.2, 0.25) is 0 Å². The zero-order valence-electron chi connectivity index (χ0n) is 11.5. The highest BCUT2D eigenvalue weighted by atomic mass is 79.9. The number of halogens is 1. The van der Waals surface area contributed by atoms with Gasteiger partial charge in [0.15, 0.2) is 5.69 Å². The Morgan fingerprint density at radius 3 is 2.86 bits per heavy atom. The van der Waals surface area contributed by atoms with Crippen molar-refractivity contribution < 1.29 is 9.90 Å². The fourth-order valence-electron chi connectivity index (χ4n) is 2.50. The van der Waals surface area contributed by atoms with Crippen LogP contribution in [0.3, 0.4) is 0 Å². The van der Waals surface area contributed by atoms with Crippen molar-refractivity contribution in [1.29, 1.82) is 0 Å². The van der Waals surface area contributed by atoms with E-state index in [0.717, 1.165) is 17.6 Å².